The molecule has 3 atom stereocenters. The molecule has 3 unspecified atom stereocenters. The summed E-state index contributed by atoms with van der Waals surface area (Å²) in [6.07, 6.45) is 2.37. The van der Waals surface area contributed by atoms with Crippen molar-refractivity contribution in [3.05, 3.63) is 34.2 Å². The standard InChI is InChI=1S/C16H24N4O/c1-10-8-13(6-7-20(10)3)17-11(2)12-4-5-14-15(9-12)19-16(21)18-14/h4-5,9-11,13,17H,6-8H2,1-3H3,(H2,18,19,21). The minimum absolute atomic E-state index is 0.146. The summed E-state index contributed by atoms with van der Waals surface area (Å²) in [7, 11) is 2.19. The molecule has 1 aromatic carbocycles. The highest BCUT2D eigenvalue weighted by molar-refractivity contribution is 5.75. The summed E-state index contributed by atoms with van der Waals surface area (Å²) in [5.74, 6) is 0. The molecular formula is C16H24N4O. The van der Waals surface area contributed by atoms with E-state index in [0.29, 0.717) is 12.1 Å². The van der Waals surface area contributed by atoms with E-state index in [1.807, 2.05) is 6.07 Å². The Morgan fingerprint density at radius 1 is 1.33 bits per heavy atom. The van der Waals surface area contributed by atoms with Gasteiger partial charge in [0.15, 0.2) is 0 Å². The Hall–Kier alpha value is -1.59. The van der Waals surface area contributed by atoms with Crippen LogP contribution in [-0.2, 0) is 0 Å². The van der Waals surface area contributed by atoms with Crippen molar-refractivity contribution in [2.75, 3.05) is 13.6 Å². The molecule has 0 radical (unpaired) electrons. The van der Waals surface area contributed by atoms with E-state index in [9.17, 15) is 4.79 Å². The lowest BCUT2D eigenvalue weighted by Crippen LogP contribution is -2.46. The molecule has 0 spiro atoms. The van der Waals surface area contributed by atoms with Crippen LogP contribution in [0.1, 0.15) is 38.3 Å². The Morgan fingerprint density at radius 3 is 2.86 bits per heavy atom. The number of imidazole rings is 1. The fraction of sp³-hybridized carbons (Fsp3) is 0.562. The minimum atomic E-state index is -0.146. The SMILES string of the molecule is CC(NC1CCN(C)C(C)C1)c1ccc2[nH]c(=O)[nH]c2c1. The van der Waals surface area contributed by atoms with Crippen molar-refractivity contribution in [1.82, 2.24) is 20.2 Å². The van der Waals surface area contributed by atoms with Gasteiger partial charge >= 0.3 is 5.69 Å². The molecule has 2 aromatic rings. The van der Waals surface area contributed by atoms with Crippen molar-refractivity contribution in [3.63, 3.8) is 0 Å². The second kappa shape index (κ2) is 5.66. The van der Waals surface area contributed by atoms with Gasteiger partial charge in [-0.05, 0) is 58.0 Å². The number of aromatic nitrogens is 2. The van der Waals surface area contributed by atoms with Crippen LogP contribution in [-0.4, -0.2) is 40.5 Å². The normalized spacial score (nSPS) is 25.3. The fourth-order valence-electron chi connectivity index (χ4n) is 3.21. The largest absolute Gasteiger partial charge is 0.323 e. The van der Waals surface area contributed by atoms with Crippen LogP contribution in [0.15, 0.2) is 23.0 Å². The van der Waals surface area contributed by atoms with Crippen molar-refractivity contribution in [2.45, 2.75) is 44.8 Å². The van der Waals surface area contributed by atoms with E-state index in [0.717, 1.165) is 17.6 Å². The van der Waals surface area contributed by atoms with E-state index in [2.05, 4.69) is 53.2 Å². The number of H-pyrrole nitrogens is 2. The van der Waals surface area contributed by atoms with Gasteiger partial charge in [-0.1, -0.05) is 6.07 Å². The van der Waals surface area contributed by atoms with Crippen molar-refractivity contribution in [3.8, 4) is 0 Å². The van der Waals surface area contributed by atoms with Crippen LogP contribution in [0.3, 0.4) is 0 Å². The number of nitrogens with one attached hydrogen (secondary N) is 3. The number of rotatable bonds is 3. The monoisotopic (exact) mass is 288 g/mol. The van der Waals surface area contributed by atoms with Crippen molar-refractivity contribution < 1.29 is 0 Å². The third-order valence-corrected chi connectivity index (χ3v) is 4.73. The number of nitrogens with zero attached hydrogens (tertiary/aromatic N) is 1. The minimum Gasteiger partial charge on any atom is -0.307 e. The van der Waals surface area contributed by atoms with E-state index in [1.165, 1.54) is 18.4 Å². The predicted octanol–water partition coefficient (Wildman–Crippen LogP) is 1.99. The molecule has 5 heteroatoms. The average Bonchev–Trinajstić information content (AvgIpc) is 2.82. The molecule has 0 bridgehead atoms. The second-order valence-corrected chi connectivity index (χ2v) is 6.32. The average molecular weight is 288 g/mol. The molecule has 1 saturated heterocycles. The van der Waals surface area contributed by atoms with Crippen LogP contribution in [0.4, 0.5) is 0 Å². The molecule has 1 aromatic heterocycles. The molecule has 5 nitrogen and oxygen atoms in total. The molecule has 1 aliphatic rings. The molecule has 2 heterocycles. The van der Waals surface area contributed by atoms with E-state index in [4.69, 9.17) is 0 Å². The van der Waals surface area contributed by atoms with Crippen LogP contribution in [0.25, 0.3) is 11.0 Å². The number of piperidine rings is 1. The van der Waals surface area contributed by atoms with Crippen molar-refractivity contribution in [1.29, 1.82) is 0 Å². The third-order valence-electron chi connectivity index (χ3n) is 4.73. The van der Waals surface area contributed by atoms with E-state index >= 15 is 0 Å². The summed E-state index contributed by atoms with van der Waals surface area (Å²) in [5, 5.41) is 3.73. The number of hydrogen-bond donors (Lipinski definition) is 3. The maximum atomic E-state index is 11.3. The summed E-state index contributed by atoms with van der Waals surface area (Å²) in [6.45, 7) is 5.62. The van der Waals surface area contributed by atoms with Crippen molar-refractivity contribution >= 4 is 11.0 Å². The van der Waals surface area contributed by atoms with E-state index in [1.54, 1.807) is 0 Å². The first kappa shape index (κ1) is 14.4. The molecule has 3 rings (SSSR count). The van der Waals surface area contributed by atoms with Gasteiger partial charge < -0.3 is 20.2 Å². The fourth-order valence-corrected chi connectivity index (χ4v) is 3.21. The first-order chi connectivity index (χ1) is 10.0. The van der Waals surface area contributed by atoms with E-state index < -0.39 is 0 Å². The van der Waals surface area contributed by atoms with Gasteiger partial charge in [0.25, 0.3) is 0 Å². The highest BCUT2D eigenvalue weighted by Crippen LogP contribution is 2.21. The van der Waals surface area contributed by atoms with Crippen LogP contribution < -0.4 is 11.0 Å². The maximum absolute atomic E-state index is 11.3. The topological polar surface area (TPSA) is 63.9 Å². The van der Waals surface area contributed by atoms with Gasteiger partial charge in [-0.2, -0.15) is 0 Å². The molecule has 0 aliphatic carbocycles. The molecule has 21 heavy (non-hydrogen) atoms. The molecule has 114 valence electrons. The summed E-state index contributed by atoms with van der Waals surface area (Å²) >= 11 is 0. The maximum Gasteiger partial charge on any atom is 0.323 e. The van der Waals surface area contributed by atoms with Crippen LogP contribution in [0.5, 0.6) is 0 Å². The Morgan fingerprint density at radius 2 is 2.10 bits per heavy atom. The molecule has 3 N–H and O–H groups in total. The van der Waals surface area contributed by atoms with Gasteiger partial charge in [0.1, 0.15) is 0 Å². The molecular weight excluding hydrogens is 264 g/mol. The Kier molecular flexibility index (Phi) is 3.87. The zero-order chi connectivity index (χ0) is 15.0. The Bertz CT molecular complexity index is 674. The summed E-state index contributed by atoms with van der Waals surface area (Å²) < 4.78 is 0. The number of hydrogen-bond acceptors (Lipinski definition) is 3. The van der Waals surface area contributed by atoms with Crippen molar-refractivity contribution in [2.24, 2.45) is 0 Å². The molecule has 1 fully saturated rings. The molecule has 0 saturated carbocycles. The number of likely N-dealkylation sites (tertiary alicyclic amines) is 1. The van der Waals surface area contributed by atoms with Gasteiger partial charge in [0, 0.05) is 18.1 Å². The molecule has 1 aliphatic heterocycles. The van der Waals surface area contributed by atoms with Crippen LogP contribution in [0.2, 0.25) is 0 Å². The predicted molar refractivity (Wildman–Crippen MR) is 85.6 cm³/mol. The van der Waals surface area contributed by atoms with Gasteiger partial charge in [-0.25, -0.2) is 4.79 Å². The Balaban J connectivity index is 1.71. The Labute approximate surface area is 124 Å². The number of benzene rings is 1. The summed E-state index contributed by atoms with van der Waals surface area (Å²) in [4.78, 5) is 19.3. The molecule has 0 amide bonds. The second-order valence-electron chi connectivity index (χ2n) is 6.32. The first-order valence-corrected chi connectivity index (χ1v) is 7.71. The number of aromatic amines is 2. The van der Waals surface area contributed by atoms with Crippen LogP contribution in [0, 0.1) is 0 Å². The van der Waals surface area contributed by atoms with Crippen LogP contribution >= 0.6 is 0 Å². The van der Waals surface area contributed by atoms with Gasteiger partial charge in [0.05, 0.1) is 11.0 Å². The summed E-state index contributed by atoms with van der Waals surface area (Å²) in [5.41, 5.74) is 2.81. The van der Waals surface area contributed by atoms with Gasteiger partial charge in [-0.15, -0.1) is 0 Å². The highest BCUT2D eigenvalue weighted by Gasteiger charge is 2.23. The number of fused-ring (bicyclic) bond motifs is 1. The van der Waals surface area contributed by atoms with E-state index in [-0.39, 0.29) is 11.7 Å². The quantitative estimate of drug-likeness (QED) is 0.809. The third kappa shape index (κ3) is 3.04. The van der Waals surface area contributed by atoms with Gasteiger partial charge in [0.2, 0.25) is 0 Å². The lowest BCUT2D eigenvalue weighted by molar-refractivity contribution is 0.163. The zero-order valence-corrected chi connectivity index (χ0v) is 12.9. The van der Waals surface area contributed by atoms with Gasteiger partial charge in [-0.3, -0.25) is 0 Å². The lowest BCUT2D eigenvalue weighted by atomic mass is 9.97. The zero-order valence-electron chi connectivity index (χ0n) is 12.9. The summed E-state index contributed by atoms with van der Waals surface area (Å²) in [6, 6.07) is 7.59. The highest BCUT2D eigenvalue weighted by atomic mass is 16.1. The lowest BCUT2D eigenvalue weighted by Gasteiger charge is -2.36. The first-order valence-electron chi connectivity index (χ1n) is 7.71. The smallest absolute Gasteiger partial charge is 0.307 e.